The lowest BCUT2D eigenvalue weighted by Gasteiger charge is -2.24. The minimum Gasteiger partial charge on any atom is -0.351 e. The average molecular weight is 323 g/mol. The Labute approximate surface area is 140 Å². The van der Waals surface area contributed by atoms with E-state index >= 15 is 0 Å². The summed E-state index contributed by atoms with van der Waals surface area (Å²) in [5.74, 6) is 1.15. The number of pyridine rings is 1. The molecule has 3 aromatic rings. The molecule has 1 aliphatic heterocycles. The number of imidazole rings is 2. The minimum atomic E-state index is 0.0290. The number of aryl methyl sites for hydroxylation is 3. The van der Waals surface area contributed by atoms with Gasteiger partial charge in [-0.05, 0) is 31.9 Å². The number of amides is 1. The third-order valence-corrected chi connectivity index (χ3v) is 4.55. The Kier molecular flexibility index (Phi) is 3.59. The van der Waals surface area contributed by atoms with Gasteiger partial charge < -0.3 is 14.3 Å². The third kappa shape index (κ3) is 2.79. The predicted octanol–water partition coefficient (Wildman–Crippen LogP) is 1.82. The van der Waals surface area contributed by atoms with Crippen LogP contribution in [0.4, 0.5) is 0 Å². The summed E-state index contributed by atoms with van der Waals surface area (Å²) in [4.78, 5) is 21.4. The first-order valence-electron chi connectivity index (χ1n) is 8.34. The van der Waals surface area contributed by atoms with Gasteiger partial charge in [-0.1, -0.05) is 6.07 Å². The first-order chi connectivity index (χ1) is 11.6. The standard InChI is InChI=1S/C18H21N5O/c1-12-4-3-7-22-11-15(21-18(12)22)8-17(24)20-14-5-6-16-19-13(2)9-23(16)10-14/h3-4,7,9,11,14H,5-6,8,10H2,1-2H3,(H,20,24). The Morgan fingerprint density at radius 3 is 3.04 bits per heavy atom. The van der Waals surface area contributed by atoms with Gasteiger partial charge in [0.25, 0.3) is 0 Å². The van der Waals surface area contributed by atoms with Crippen molar-refractivity contribution in [1.29, 1.82) is 0 Å². The van der Waals surface area contributed by atoms with Gasteiger partial charge in [-0.15, -0.1) is 0 Å². The van der Waals surface area contributed by atoms with Crippen LogP contribution < -0.4 is 5.32 Å². The van der Waals surface area contributed by atoms with E-state index in [-0.39, 0.29) is 11.9 Å². The van der Waals surface area contributed by atoms with Crippen molar-refractivity contribution >= 4 is 11.6 Å². The number of fused-ring (bicyclic) bond motifs is 2. The van der Waals surface area contributed by atoms with E-state index in [1.807, 2.05) is 42.8 Å². The molecule has 1 aliphatic rings. The van der Waals surface area contributed by atoms with Crippen LogP contribution >= 0.6 is 0 Å². The summed E-state index contributed by atoms with van der Waals surface area (Å²) >= 11 is 0. The summed E-state index contributed by atoms with van der Waals surface area (Å²) in [5, 5.41) is 3.14. The molecule has 24 heavy (non-hydrogen) atoms. The molecule has 124 valence electrons. The van der Waals surface area contributed by atoms with Crippen molar-refractivity contribution in [3.05, 3.63) is 53.5 Å². The topological polar surface area (TPSA) is 64.2 Å². The lowest BCUT2D eigenvalue weighted by molar-refractivity contribution is -0.121. The van der Waals surface area contributed by atoms with E-state index < -0.39 is 0 Å². The van der Waals surface area contributed by atoms with Gasteiger partial charge in [-0.2, -0.15) is 0 Å². The van der Waals surface area contributed by atoms with Gasteiger partial charge in [-0.3, -0.25) is 4.79 Å². The Hall–Kier alpha value is -2.63. The number of aromatic nitrogens is 4. The maximum absolute atomic E-state index is 12.4. The van der Waals surface area contributed by atoms with Gasteiger partial charge in [-0.25, -0.2) is 9.97 Å². The van der Waals surface area contributed by atoms with Crippen LogP contribution in [0.5, 0.6) is 0 Å². The Morgan fingerprint density at radius 1 is 1.33 bits per heavy atom. The van der Waals surface area contributed by atoms with E-state index in [0.717, 1.165) is 47.8 Å². The van der Waals surface area contributed by atoms with E-state index in [0.29, 0.717) is 6.42 Å². The SMILES string of the molecule is Cc1cn2c(n1)CCC(NC(=O)Cc1cn3cccc(C)c3n1)C2. The summed E-state index contributed by atoms with van der Waals surface area (Å²) < 4.78 is 4.12. The van der Waals surface area contributed by atoms with Gasteiger partial charge in [0.05, 0.1) is 17.8 Å². The zero-order valence-electron chi connectivity index (χ0n) is 14.0. The summed E-state index contributed by atoms with van der Waals surface area (Å²) in [6, 6.07) is 4.18. The number of nitrogens with zero attached hydrogens (tertiary/aromatic N) is 4. The first-order valence-corrected chi connectivity index (χ1v) is 8.34. The van der Waals surface area contributed by atoms with Crippen molar-refractivity contribution in [1.82, 2.24) is 24.3 Å². The van der Waals surface area contributed by atoms with E-state index in [4.69, 9.17) is 0 Å². The zero-order chi connectivity index (χ0) is 16.7. The molecular weight excluding hydrogens is 302 g/mol. The number of rotatable bonds is 3. The third-order valence-electron chi connectivity index (χ3n) is 4.55. The Balaban J connectivity index is 1.42. The van der Waals surface area contributed by atoms with Crippen LogP contribution in [-0.4, -0.2) is 30.9 Å². The van der Waals surface area contributed by atoms with Crippen LogP contribution in [0, 0.1) is 13.8 Å². The number of carbonyl (C=O) groups is 1. The first kappa shape index (κ1) is 14.9. The molecule has 6 nitrogen and oxygen atoms in total. The number of hydrogen-bond acceptors (Lipinski definition) is 3. The lowest BCUT2D eigenvalue weighted by Crippen LogP contribution is -2.41. The highest BCUT2D eigenvalue weighted by molar-refractivity contribution is 5.78. The summed E-state index contributed by atoms with van der Waals surface area (Å²) in [6.45, 7) is 4.83. The number of nitrogens with one attached hydrogen (secondary N) is 1. The molecule has 0 aromatic carbocycles. The fraction of sp³-hybridized carbons (Fsp3) is 0.389. The van der Waals surface area contributed by atoms with Gasteiger partial charge in [0, 0.05) is 37.6 Å². The van der Waals surface area contributed by atoms with Gasteiger partial charge >= 0.3 is 0 Å². The van der Waals surface area contributed by atoms with Crippen LogP contribution in [-0.2, 0) is 24.2 Å². The second-order valence-corrected chi connectivity index (χ2v) is 6.59. The van der Waals surface area contributed by atoms with Crippen LogP contribution in [0.2, 0.25) is 0 Å². The minimum absolute atomic E-state index is 0.0290. The van der Waals surface area contributed by atoms with Crippen LogP contribution in [0.1, 0.15) is 29.2 Å². The molecule has 3 aromatic heterocycles. The monoisotopic (exact) mass is 323 g/mol. The Bertz CT molecular complexity index is 907. The maximum atomic E-state index is 12.4. The molecule has 1 unspecified atom stereocenters. The second kappa shape index (κ2) is 5.78. The Morgan fingerprint density at radius 2 is 2.21 bits per heavy atom. The van der Waals surface area contributed by atoms with Gasteiger partial charge in [0.2, 0.25) is 5.91 Å². The summed E-state index contributed by atoms with van der Waals surface area (Å²) in [7, 11) is 0. The molecule has 0 saturated heterocycles. The molecule has 0 radical (unpaired) electrons. The fourth-order valence-corrected chi connectivity index (χ4v) is 3.44. The van der Waals surface area contributed by atoms with Crippen molar-refractivity contribution in [3.8, 4) is 0 Å². The molecule has 4 heterocycles. The van der Waals surface area contributed by atoms with Crippen molar-refractivity contribution in [3.63, 3.8) is 0 Å². The molecule has 4 rings (SSSR count). The lowest BCUT2D eigenvalue weighted by atomic mass is 10.1. The van der Waals surface area contributed by atoms with Crippen molar-refractivity contribution < 1.29 is 4.79 Å². The van der Waals surface area contributed by atoms with Gasteiger partial charge in [0.1, 0.15) is 11.5 Å². The molecule has 0 bridgehead atoms. The van der Waals surface area contributed by atoms with Crippen molar-refractivity contribution in [2.45, 2.75) is 45.7 Å². The molecular formula is C18H21N5O. The van der Waals surface area contributed by atoms with Gasteiger partial charge in [0.15, 0.2) is 0 Å². The number of hydrogen-bond donors (Lipinski definition) is 1. The average Bonchev–Trinajstić information content (AvgIpc) is 3.09. The van der Waals surface area contributed by atoms with Crippen LogP contribution in [0.3, 0.4) is 0 Å². The highest BCUT2D eigenvalue weighted by Gasteiger charge is 2.21. The quantitative estimate of drug-likeness (QED) is 0.800. The predicted molar refractivity (Wildman–Crippen MR) is 90.8 cm³/mol. The largest absolute Gasteiger partial charge is 0.351 e. The van der Waals surface area contributed by atoms with Crippen LogP contribution in [0.15, 0.2) is 30.7 Å². The fourth-order valence-electron chi connectivity index (χ4n) is 3.44. The molecule has 0 aliphatic carbocycles. The smallest absolute Gasteiger partial charge is 0.226 e. The highest BCUT2D eigenvalue weighted by atomic mass is 16.1. The van der Waals surface area contributed by atoms with Crippen molar-refractivity contribution in [2.24, 2.45) is 0 Å². The van der Waals surface area contributed by atoms with E-state index in [2.05, 4.69) is 26.0 Å². The molecule has 6 heteroatoms. The molecule has 1 N–H and O–H groups in total. The highest BCUT2D eigenvalue weighted by Crippen LogP contribution is 2.15. The van der Waals surface area contributed by atoms with E-state index in [1.165, 1.54) is 0 Å². The maximum Gasteiger partial charge on any atom is 0.226 e. The normalized spacial score (nSPS) is 17.0. The molecule has 0 saturated carbocycles. The van der Waals surface area contributed by atoms with E-state index in [9.17, 15) is 4.79 Å². The molecule has 1 amide bonds. The molecule has 0 spiro atoms. The summed E-state index contributed by atoms with van der Waals surface area (Å²) in [6.07, 6.45) is 8.10. The number of carbonyl (C=O) groups excluding carboxylic acids is 1. The van der Waals surface area contributed by atoms with Crippen LogP contribution in [0.25, 0.3) is 5.65 Å². The van der Waals surface area contributed by atoms with E-state index in [1.54, 1.807) is 0 Å². The van der Waals surface area contributed by atoms with Crippen molar-refractivity contribution in [2.75, 3.05) is 0 Å². The summed E-state index contributed by atoms with van der Waals surface area (Å²) in [5.41, 5.74) is 3.87. The molecule has 0 fully saturated rings. The molecule has 1 atom stereocenters. The second-order valence-electron chi connectivity index (χ2n) is 6.59. The zero-order valence-corrected chi connectivity index (χ0v) is 14.0.